The van der Waals surface area contributed by atoms with E-state index in [4.69, 9.17) is 9.47 Å². The standard InChI is InChI=1S/C15H22N2O5S/c1-17(12-6-9-23(19,20)11-12)15(18)16-7-8-22-14-5-3-4-13(10-14)21-2/h3-5,10,12H,6-9,11H2,1-2H3,(H,16,18). The highest BCUT2D eigenvalue weighted by atomic mass is 32.2. The molecule has 0 aromatic heterocycles. The summed E-state index contributed by atoms with van der Waals surface area (Å²) in [6, 6.07) is 6.66. The van der Waals surface area contributed by atoms with E-state index in [0.29, 0.717) is 31.1 Å². The zero-order valence-electron chi connectivity index (χ0n) is 13.3. The van der Waals surface area contributed by atoms with E-state index in [1.165, 1.54) is 4.90 Å². The number of nitrogens with one attached hydrogen (secondary N) is 1. The van der Waals surface area contributed by atoms with Crippen LogP contribution in [0.2, 0.25) is 0 Å². The lowest BCUT2D eigenvalue weighted by Crippen LogP contribution is -2.45. The molecular weight excluding hydrogens is 320 g/mol. The Morgan fingerprint density at radius 1 is 1.39 bits per heavy atom. The molecule has 0 radical (unpaired) electrons. The summed E-state index contributed by atoms with van der Waals surface area (Å²) in [5.41, 5.74) is 0. The summed E-state index contributed by atoms with van der Waals surface area (Å²) in [6.45, 7) is 0.648. The monoisotopic (exact) mass is 342 g/mol. The van der Waals surface area contributed by atoms with Crippen LogP contribution in [-0.4, -0.2) is 64.2 Å². The molecule has 1 aromatic carbocycles. The van der Waals surface area contributed by atoms with Gasteiger partial charge in [0.25, 0.3) is 0 Å². The lowest BCUT2D eigenvalue weighted by Gasteiger charge is -2.23. The fourth-order valence-electron chi connectivity index (χ4n) is 2.39. The third-order valence-electron chi connectivity index (χ3n) is 3.76. The zero-order chi connectivity index (χ0) is 16.9. The molecule has 1 N–H and O–H groups in total. The molecule has 0 spiro atoms. The van der Waals surface area contributed by atoms with Gasteiger partial charge in [-0.25, -0.2) is 13.2 Å². The van der Waals surface area contributed by atoms with Crippen LogP contribution >= 0.6 is 0 Å². The predicted molar refractivity (Wildman–Crippen MR) is 86.7 cm³/mol. The average Bonchev–Trinajstić information content (AvgIpc) is 2.90. The molecule has 2 amide bonds. The second-order valence-electron chi connectivity index (χ2n) is 5.43. The second-order valence-corrected chi connectivity index (χ2v) is 7.66. The van der Waals surface area contributed by atoms with Crippen molar-refractivity contribution >= 4 is 15.9 Å². The van der Waals surface area contributed by atoms with Crippen molar-refractivity contribution in [2.24, 2.45) is 0 Å². The Bertz CT molecular complexity index is 647. The van der Waals surface area contributed by atoms with Crippen molar-refractivity contribution in [3.63, 3.8) is 0 Å². The molecule has 1 saturated heterocycles. The number of nitrogens with zero attached hydrogens (tertiary/aromatic N) is 1. The molecule has 1 unspecified atom stereocenters. The Kier molecular flexibility index (Phi) is 5.70. The van der Waals surface area contributed by atoms with Crippen LogP contribution in [0, 0.1) is 0 Å². The Morgan fingerprint density at radius 3 is 2.78 bits per heavy atom. The molecule has 7 nitrogen and oxygen atoms in total. The summed E-state index contributed by atoms with van der Waals surface area (Å²) >= 11 is 0. The largest absolute Gasteiger partial charge is 0.497 e. The first-order valence-corrected chi connectivity index (χ1v) is 9.21. The molecule has 1 aromatic rings. The van der Waals surface area contributed by atoms with E-state index in [2.05, 4.69) is 5.32 Å². The van der Waals surface area contributed by atoms with E-state index in [1.807, 2.05) is 12.1 Å². The molecule has 1 aliphatic rings. The van der Waals surface area contributed by atoms with Crippen LogP contribution in [0.25, 0.3) is 0 Å². The number of hydrogen-bond donors (Lipinski definition) is 1. The molecule has 0 saturated carbocycles. The van der Waals surface area contributed by atoms with Gasteiger partial charge in [-0.3, -0.25) is 0 Å². The van der Waals surface area contributed by atoms with Gasteiger partial charge in [0.1, 0.15) is 18.1 Å². The van der Waals surface area contributed by atoms with Crippen LogP contribution in [0.5, 0.6) is 11.5 Å². The topological polar surface area (TPSA) is 84.9 Å². The third kappa shape index (κ3) is 5.02. The molecule has 23 heavy (non-hydrogen) atoms. The summed E-state index contributed by atoms with van der Waals surface area (Å²) in [4.78, 5) is 13.5. The molecule has 2 rings (SSSR count). The summed E-state index contributed by atoms with van der Waals surface area (Å²) in [6.07, 6.45) is 0.493. The first-order valence-electron chi connectivity index (χ1n) is 7.39. The molecule has 0 bridgehead atoms. The number of benzene rings is 1. The van der Waals surface area contributed by atoms with Gasteiger partial charge in [0, 0.05) is 19.2 Å². The minimum atomic E-state index is -3.00. The Hall–Kier alpha value is -1.96. The minimum absolute atomic E-state index is 0.0389. The van der Waals surface area contributed by atoms with Gasteiger partial charge in [-0.2, -0.15) is 0 Å². The van der Waals surface area contributed by atoms with Crippen molar-refractivity contribution in [3.8, 4) is 11.5 Å². The van der Waals surface area contributed by atoms with Gasteiger partial charge in [-0.15, -0.1) is 0 Å². The van der Waals surface area contributed by atoms with Crippen molar-refractivity contribution in [3.05, 3.63) is 24.3 Å². The number of sulfone groups is 1. The normalized spacial score (nSPS) is 19.1. The number of hydrogen-bond acceptors (Lipinski definition) is 5. The Labute approximate surface area is 136 Å². The van der Waals surface area contributed by atoms with E-state index in [0.717, 1.165) is 0 Å². The van der Waals surface area contributed by atoms with Crippen LogP contribution < -0.4 is 14.8 Å². The molecule has 0 aliphatic carbocycles. The van der Waals surface area contributed by atoms with E-state index in [-0.39, 0.29) is 23.6 Å². The van der Waals surface area contributed by atoms with Crippen LogP contribution in [0.1, 0.15) is 6.42 Å². The lowest BCUT2D eigenvalue weighted by molar-refractivity contribution is 0.192. The number of carbonyl (C=O) groups is 1. The van der Waals surface area contributed by atoms with Gasteiger partial charge in [-0.05, 0) is 18.6 Å². The first-order chi connectivity index (χ1) is 10.9. The van der Waals surface area contributed by atoms with Gasteiger partial charge >= 0.3 is 6.03 Å². The fraction of sp³-hybridized carbons (Fsp3) is 0.533. The maximum Gasteiger partial charge on any atom is 0.317 e. The summed E-state index contributed by atoms with van der Waals surface area (Å²) in [7, 11) is 0.197. The number of methoxy groups -OCH3 is 1. The van der Waals surface area contributed by atoms with Crippen molar-refractivity contribution in [2.45, 2.75) is 12.5 Å². The highest BCUT2D eigenvalue weighted by molar-refractivity contribution is 7.91. The number of amides is 2. The fourth-order valence-corrected chi connectivity index (χ4v) is 4.16. The summed E-state index contributed by atoms with van der Waals surface area (Å²) < 4.78 is 33.5. The van der Waals surface area contributed by atoms with Crippen LogP contribution in [0.4, 0.5) is 4.79 Å². The van der Waals surface area contributed by atoms with Crippen LogP contribution in [-0.2, 0) is 9.84 Å². The van der Waals surface area contributed by atoms with Gasteiger partial charge in [0.05, 0.1) is 25.2 Å². The van der Waals surface area contributed by atoms with Crippen LogP contribution in [0.3, 0.4) is 0 Å². The number of carbonyl (C=O) groups excluding carboxylic acids is 1. The molecule has 1 fully saturated rings. The molecule has 128 valence electrons. The average molecular weight is 342 g/mol. The van der Waals surface area contributed by atoms with Crippen molar-refractivity contribution in [1.82, 2.24) is 10.2 Å². The molecule has 8 heteroatoms. The Balaban J connectivity index is 1.72. The maximum absolute atomic E-state index is 12.0. The predicted octanol–water partition coefficient (Wildman–Crippen LogP) is 0.902. The summed E-state index contributed by atoms with van der Waals surface area (Å²) in [5.74, 6) is 1.55. The molecular formula is C15H22N2O5S. The van der Waals surface area contributed by atoms with Crippen molar-refractivity contribution < 1.29 is 22.7 Å². The number of rotatable bonds is 6. The number of urea groups is 1. The maximum atomic E-state index is 12.0. The van der Waals surface area contributed by atoms with Crippen molar-refractivity contribution in [1.29, 1.82) is 0 Å². The van der Waals surface area contributed by atoms with E-state index in [1.54, 1.807) is 26.3 Å². The molecule has 1 aliphatic heterocycles. The van der Waals surface area contributed by atoms with Gasteiger partial charge in [0.15, 0.2) is 9.84 Å². The van der Waals surface area contributed by atoms with E-state index >= 15 is 0 Å². The second kappa shape index (κ2) is 7.54. The SMILES string of the molecule is COc1cccc(OCCNC(=O)N(C)C2CCS(=O)(=O)C2)c1. The molecule has 1 atom stereocenters. The highest BCUT2D eigenvalue weighted by Gasteiger charge is 2.32. The van der Waals surface area contributed by atoms with Gasteiger partial charge in [-0.1, -0.05) is 6.07 Å². The highest BCUT2D eigenvalue weighted by Crippen LogP contribution is 2.18. The smallest absolute Gasteiger partial charge is 0.317 e. The quantitative estimate of drug-likeness (QED) is 0.777. The Morgan fingerprint density at radius 2 is 2.13 bits per heavy atom. The van der Waals surface area contributed by atoms with E-state index < -0.39 is 9.84 Å². The van der Waals surface area contributed by atoms with E-state index in [9.17, 15) is 13.2 Å². The van der Waals surface area contributed by atoms with Gasteiger partial charge in [0.2, 0.25) is 0 Å². The lowest BCUT2D eigenvalue weighted by atomic mass is 10.2. The summed E-state index contributed by atoms with van der Waals surface area (Å²) in [5, 5.41) is 2.72. The minimum Gasteiger partial charge on any atom is -0.497 e. The molecule has 1 heterocycles. The zero-order valence-corrected chi connectivity index (χ0v) is 14.1. The van der Waals surface area contributed by atoms with Gasteiger partial charge < -0.3 is 19.7 Å². The van der Waals surface area contributed by atoms with Crippen molar-refractivity contribution in [2.75, 3.05) is 38.8 Å². The van der Waals surface area contributed by atoms with Crippen LogP contribution in [0.15, 0.2) is 24.3 Å². The number of ether oxygens (including phenoxy) is 2. The first kappa shape index (κ1) is 17.4. The third-order valence-corrected chi connectivity index (χ3v) is 5.52.